The van der Waals surface area contributed by atoms with Gasteiger partial charge in [-0.15, -0.1) is 0 Å². The number of aliphatic carboxylic acids is 1. The SMILES string of the molecule is Cc1nc2cc(C(=O)N[C@@H](C)c3cccc(C(C)(C)C)c3)ccc2n1Cc1cccc(OC(C)(C)C(=O)O)c1. The van der Waals surface area contributed by atoms with E-state index in [0.29, 0.717) is 17.9 Å². The van der Waals surface area contributed by atoms with Crippen molar-refractivity contribution >= 4 is 22.9 Å². The van der Waals surface area contributed by atoms with Crippen LogP contribution in [0.3, 0.4) is 0 Å². The number of carbonyl (C=O) groups is 2. The van der Waals surface area contributed by atoms with E-state index in [0.717, 1.165) is 28.0 Å². The summed E-state index contributed by atoms with van der Waals surface area (Å²) in [5.74, 6) is 0.121. The number of rotatable bonds is 8. The van der Waals surface area contributed by atoms with Gasteiger partial charge in [0.1, 0.15) is 11.6 Å². The largest absolute Gasteiger partial charge is 0.478 e. The van der Waals surface area contributed by atoms with Gasteiger partial charge in [-0.25, -0.2) is 9.78 Å². The third-order valence-corrected chi connectivity index (χ3v) is 6.93. The number of aryl methyl sites for hydroxylation is 1. The maximum atomic E-state index is 13.1. The quantitative estimate of drug-likeness (QED) is 0.276. The van der Waals surface area contributed by atoms with Gasteiger partial charge in [-0.1, -0.05) is 57.2 Å². The predicted octanol–water partition coefficient (Wildman–Crippen LogP) is 6.42. The Labute approximate surface area is 229 Å². The van der Waals surface area contributed by atoms with Crippen LogP contribution in [0.5, 0.6) is 5.75 Å². The van der Waals surface area contributed by atoms with Gasteiger partial charge in [0.15, 0.2) is 5.60 Å². The molecule has 7 heteroatoms. The highest BCUT2D eigenvalue weighted by molar-refractivity contribution is 5.97. The van der Waals surface area contributed by atoms with Gasteiger partial charge in [0.25, 0.3) is 5.91 Å². The molecule has 4 aromatic rings. The molecule has 0 bridgehead atoms. The first-order valence-electron chi connectivity index (χ1n) is 13.1. The van der Waals surface area contributed by atoms with Crippen LogP contribution in [0.2, 0.25) is 0 Å². The van der Waals surface area contributed by atoms with E-state index >= 15 is 0 Å². The summed E-state index contributed by atoms with van der Waals surface area (Å²) in [5, 5.41) is 12.5. The number of benzene rings is 3. The summed E-state index contributed by atoms with van der Waals surface area (Å²) >= 11 is 0. The van der Waals surface area contributed by atoms with E-state index < -0.39 is 11.6 Å². The van der Waals surface area contributed by atoms with E-state index in [1.807, 2.05) is 62.4 Å². The number of carbonyl (C=O) groups excluding carboxylic acids is 1. The summed E-state index contributed by atoms with van der Waals surface area (Å²) in [6.45, 7) is 14.0. The highest BCUT2D eigenvalue weighted by Crippen LogP contribution is 2.26. The lowest BCUT2D eigenvalue weighted by atomic mass is 9.85. The van der Waals surface area contributed by atoms with Crippen molar-refractivity contribution in [2.24, 2.45) is 0 Å². The third kappa shape index (κ3) is 6.30. The molecule has 0 aliphatic heterocycles. The van der Waals surface area contributed by atoms with Gasteiger partial charge in [0.2, 0.25) is 0 Å². The van der Waals surface area contributed by atoms with Gasteiger partial charge in [0, 0.05) is 12.1 Å². The molecule has 0 unspecified atom stereocenters. The molecule has 7 nitrogen and oxygen atoms in total. The number of fused-ring (bicyclic) bond motifs is 1. The Morgan fingerprint density at radius 2 is 1.72 bits per heavy atom. The maximum absolute atomic E-state index is 13.1. The number of aromatic nitrogens is 2. The second-order valence-electron chi connectivity index (χ2n) is 11.6. The standard InChI is InChI=1S/C32H37N3O4/c1-20(23-11-9-12-25(17-23)31(3,4)5)33-29(36)24-14-15-28-27(18-24)34-21(2)35(28)19-22-10-8-13-26(16-22)39-32(6,7)30(37)38/h8-18,20H,19H2,1-7H3,(H,33,36)(H,37,38)/t20-/m0/s1. The van der Waals surface area contributed by atoms with Crippen molar-refractivity contribution in [3.05, 3.63) is 94.8 Å². The molecule has 0 aliphatic rings. The molecule has 1 amide bonds. The summed E-state index contributed by atoms with van der Waals surface area (Å²) in [7, 11) is 0. The summed E-state index contributed by atoms with van der Waals surface area (Å²) in [6, 6.07) is 21.2. The number of nitrogens with zero attached hydrogens (tertiary/aromatic N) is 2. The Kier molecular flexibility index (Phi) is 7.55. The van der Waals surface area contributed by atoms with Crippen molar-refractivity contribution in [3.8, 4) is 5.75 Å². The molecule has 0 aliphatic carbocycles. The highest BCUT2D eigenvalue weighted by atomic mass is 16.5. The summed E-state index contributed by atoms with van der Waals surface area (Å²) < 4.78 is 7.77. The number of nitrogens with one attached hydrogen (secondary N) is 1. The average Bonchev–Trinajstić information content (AvgIpc) is 3.17. The van der Waals surface area contributed by atoms with Crippen molar-refractivity contribution in [2.75, 3.05) is 0 Å². The van der Waals surface area contributed by atoms with Crippen LogP contribution in [0.25, 0.3) is 11.0 Å². The first-order chi connectivity index (χ1) is 18.2. The number of ether oxygens (including phenoxy) is 1. The molecule has 0 saturated heterocycles. The Hall–Kier alpha value is -4.13. The molecular formula is C32H37N3O4. The monoisotopic (exact) mass is 527 g/mol. The van der Waals surface area contributed by atoms with E-state index in [9.17, 15) is 14.7 Å². The molecule has 39 heavy (non-hydrogen) atoms. The van der Waals surface area contributed by atoms with Gasteiger partial charge in [-0.3, -0.25) is 4.79 Å². The second-order valence-corrected chi connectivity index (χ2v) is 11.6. The van der Waals surface area contributed by atoms with Gasteiger partial charge >= 0.3 is 5.97 Å². The van der Waals surface area contributed by atoms with Gasteiger partial charge < -0.3 is 19.7 Å². The van der Waals surface area contributed by atoms with Gasteiger partial charge in [-0.2, -0.15) is 0 Å². The first-order valence-corrected chi connectivity index (χ1v) is 13.1. The Bertz CT molecular complexity index is 1530. The fourth-order valence-electron chi connectivity index (χ4n) is 4.46. The Balaban J connectivity index is 1.52. The molecule has 3 aromatic carbocycles. The van der Waals surface area contributed by atoms with Gasteiger partial charge in [-0.05, 0) is 80.1 Å². The number of carboxylic acid groups (broad SMARTS) is 1. The van der Waals surface area contributed by atoms with Gasteiger partial charge in [0.05, 0.1) is 17.1 Å². The van der Waals surface area contributed by atoms with Crippen LogP contribution in [0, 0.1) is 6.92 Å². The number of amides is 1. The average molecular weight is 528 g/mol. The fraction of sp³-hybridized carbons (Fsp3) is 0.344. The smallest absolute Gasteiger partial charge is 0.347 e. The van der Waals surface area contributed by atoms with Crippen LogP contribution in [0.4, 0.5) is 0 Å². The zero-order valence-electron chi connectivity index (χ0n) is 23.7. The molecule has 0 radical (unpaired) electrons. The molecule has 204 valence electrons. The lowest BCUT2D eigenvalue weighted by Crippen LogP contribution is -2.37. The molecule has 0 fully saturated rings. The zero-order chi connectivity index (χ0) is 28.5. The molecular weight excluding hydrogens is 490 g/mol. The number of hydrogen-bond donors (Lipinski definition) is 2. The minimum Gasteiger partial charge on any atom is -0.478 e. The zero-order valence-corrected chi connectivity index (χ0v) is 23.7. The Morgan fingerprint density at radius 3 is 2.41 bits per heavy atom. The van der Waals surface area contributed by atoms with Crippen LogP contribution < -0.4 is 10.1 Å². The maximum Gasteiger partial charge on any atom is 0.347 e. The number of imidazole rings is 1. The lowest BCUT2D eigenvalue weighted by molar-refractivity contribution is -0.152. The number of carboxylic acids is 1. The third-order valence-electron chi connectivity index (χ3n) is 6.93. The van der Waals surface area contributed by atoms with Crippen molar-refractivity contribution in [1.29, 1.82) is 0 Å². The Morgan fingerprint density at radius 1 is 1.00 bits per heavy atom. The van der Waals surface area contributed by atoms with E-state index in [1.54, 1.807) is 6.07 Å². The van der Waals surface area contributed by atoms with Crippen LogP contribution in [0.15, 0.2) is 66.7 Å². The fourth-order valence-corrected chi connectivity index (χ4v) is 4.46. The summed E-state index contributed by atoms with van der Waals surface area (Å²) in [6.07, 6.45) is 0. The molecule has 4 rings (SSSR count). The van der Waals surface area contributed by atoms with Crippen LogP contribution in [-0.4, -0.2) is 32.1 Å². The molecule has 0 spiro atoms. The van der Waals surface area contributed by atoms with Crippen molar-refractivity contribution in [1.82, 2.24) is 14.9 Å². The highest BCUT2D eigenvalue weighted by Gasteiger charge is 2.29. The van der Waals surface area contributed by atoms with E-state index in [4.69, 9.17) is 9.72 Å². The number of hydrogen-bond acceptors (Lipinski definition) is 4. The van der Waals surface area contributed by atoms with Crippen LogP contribution in [0.1, 0.15) is 80.5 Å². The van der Waals surface area contributed by atoms with Crippen molar-refractivity contribution in [2.45, 2.75) is 72.1 Å². The topological polar surface area (TPSA) is 93.5 Å². The molecule has 1 aromatic heterocycles. The normalized spacial score (nSPS) is 12.8. The van der Waals surface area contributed by atoms with Crippen molar-refractivity contribution < 1.29 is 19.4 Å². The molecule has 1 heterocycles. The van der Waals surface area contributed by atoms with Crippen LogP contribution >= 0.6 is 0 Å². The summed E-state index contributed by atoms with van der Waals surface area (Å²) in [5.41, 5.74) is 4.14. The molecule has 2 N–H and O–H groups in total. The lowest BCUT2D eigenvalue weighted by Gasteiger charge is -2.22. The molecule has 1 atom stereocenters. The molecule has 0 saturated carbocycles. The van der Waals surface area contributed by atoms with E-state index in [1.165, 1.54) is 19.4 Å². The predicted molar refractivity (Wildman–Crippen MR) is 153 cm³/mol. The second kappa shape index (κ2) is 10.6. The minimum absolute atomic E-state index is 0.0326. The van der Waals surface area contributed by atoms with E-state index in [2.05, 4.69) is 42.8 Å². The minimum atomic E-state index is -1.33. The van der Waals surface area contributed by atoms with Crippen LogP contribution in [-0.2, 0) is 16.8 Å². The van der Waals surface area contributed by atoms with Crippen molar-refractivity contribution in [3.63, 3.8) is 0 Å². The first kappa shape index (κ1) is 27.9. The van der Waals surface area contributed by atoms with E-state index in [-0.39, 0.29) is 17.4 Å². The summed E-state index contributed by atoms with van der Waals surface area (Å²) in [4.78, 5) is 29.3.